The van der Waals surface area contributed by atoms with Crippen LogP contribution in [0.1, 0.15) is 55.5 Å². The van der Waals surface area contributed by atoms with E-state index in [1.165, 1.54) is 12.7 Å². The van der Waals surface area contributed by atoms with Crippen LogP contribution in [0.3, 0.4) is 0 Å². The molecular formula is C33H40O7. The van der Waals surface area contributed by atoms with Gasteiger partial charge in [-0.3, -0.25) is 4.79 Å². The number of ether oxygens (including phenoxy) is 6. The lowest BCUT2D eigenvalue weighted by molar-refractivity contribution is -0.144. The van der Waals surface area contributed by atoms with E-state index in [1.54, 1.807) is 0 Å². The van der Waals surface area contributed by atoms with Gasteiger partial charge in [0.25, 0.3) is 0 Å². The van der Waals surface area contributed by atoms with Crippen LogP contribution in [0.2, 0.25) is 0 Å². The minimum Gasteiger partial charge on any atom is -0.491 e. The third-order valence-electron chi connectivity index (χ3n) is 6.83. The molecule has 4 rings (SSSR count). The number of benzene rings is 3. The number of aryl methyl sites for hydroxylation is 2. The molecule has 0 saturated carbocycles. The molecule has 1 aliphatic heterocycles. The van der Waals surface area contributed by atoms with Crippen molar-refractivity contribution in [3.63, 3.8) is 0 Å². The van der Waals surface area contributed by atoms with Gasteiger partial charge >= 0.3 is 5.97 Å². The van der Waals surface area contributed by atoms with Crippen molar-refractivity contribution in [2.24, 2.45) is 0 Å². The van der Waals surface area contributed by atoms with Crippen molar-refractivity contribution in [1.29, 1.82) is 0 Å². The summed E-state index contributed by atoms with van der Waals surface area (Å²) >= 11 is 0. The van der Waals surface area contributed by atoms with Gasteiger partial charge in [-0.25, -0.2) is 0 Å². The number of carbonyl (C=O) groups excluding carboxylic acids is 1. The van der Waals surface area contributed by atoms with Gasteiger partial charge in [-0.15, -0.1) is 0 Å². The Labute approximate surface area is 237 Å². The maximum absolute atomic E-state index is 11.7. The van der Waals surface area contributed by atoms with Gasteiger partial charge in [-0.1, -0.05) is 30.3 Å². The minimum absolute atomic E-state index is 0.0749. The number of rotatable bonds is 12. The second kappa shape index (κ2) is 13.3. The van der Waals surface area contributed by atoms with Crippen molar-refractivity contribution in [2.45, 2.75) is 65.6 Å². The summed E-state index contributed by atoms with van der Waals surface area (Å²) < 4.78 is 34.2. The molecular weight excluding hydrogens is 508 g/mol. The summed E-state index contributed by atoms with van der Waals surface area (Å²) in [5.41, 5.74) is 6.58. The second-order valence-electron chi connectivity index (χ2n) is 10.5. The normalized spacial score (nSPS) is 16.9. The minimum atomic E-state index is -0.555. The zero-order valence-electron chi connectivity index (χ0n) is 24.3. The van der Waals surface area contributed by atoms with E-state index in [4.69, 9.17) is 28.4 Å². The molecule has 0 radical (unpaired) electrons. The Hall–Kier alpha value is -3.39. The lowest BCUT2D eigenvalue weighted by atomic mass is 9.94. The highest BCUT2D eigenvalue weighted by Gasteiger charge is 2.33. The number of esters is 1. The van der Waals surface area contributed by atoms with Crippen LogP contribution in [0.4, 0.5) is 0 Å². The molecule has 40 heavy (non-hydrogen) atoms. The molecule has 0 aliphatic carbocycles. The molecule has 214 valence electrons. The van der Waals surface area contributed by atoms with Gasteiger partial charge in [0.05, 0.1) is 26.2 Å². The summed E-state index contributed by atoms with van der Waals surface area (Å²) in [6, 6.07) is 20.2. The largest absolute Gasteiger partial charge is 0.491 e. The molecule has 1 aliphatic rings. The first-order chi connectivity index (χ1) is 19.2. The summed E-state index contributed by atoms with van der Waals surface area (Å²) in [6.45, 7) is 11.9. The Kier molecular flexibility index (Phi) is 9.85. The van der Waals surface area contributed by atoms with Crippen LogP contribution in [0.5, 0.6) is 11.5 Å². The summed E-state index contributed by atoms with van der Waals surface area (Å²) in [5.74, 6) is 0.717. The average molecular weight is 549 g/mol. The van der Waals surface area contributed by atoms with E-state index in [0.717, 1.165) is 39.3 Å². The Balaban J connectivity index is 1.39. The quantitative estimate of drug-likeness (QED) is 0.233. The standard InChI is InChI=1S/C33H40O7/c1-7-36-30(18-31(34)35-6)25-11-13-27(14-12-25)37-19-24-9-8-10-26(17-24)32-22(2)15-28(16-23(32)3)38-20-29-21-39-33(4,5)40-29/h8-17,29-30H,7,18-21H2,1-6H3/t29-,30-/m0/s1. The molecule has 7 nitrogen and oxygen atoms in total. The summed E-state index contributed by atoms with van der Waals surface area (Å²) in [5, 5.41) is 0. The molecule has 0 spiro atoms. The average Bonchev–Trinajstić information content (AvgIpc) is 3.29. The van der Waals surface area contributed by atoms with Gasteiger partial charge in [0.15, 0.2) is 5.79 Å². The van der Waals surface area contributed by atoms with Crippen molar-refractivity contribution in [3.8, 4) is 22.6 Å². The van der Waals surface area contributed by atoms with E-state index >= 15 is 0 Å². The summed E-state index contributed by atoms with van der Waals surface area (Å²) in [6.07, 6.45) is -0.247. The van der Waals surface area contributed by atoms with E-state index in [2.05, 4.69) is 50.2 Å². The van der Waals surface area contributed by atoms with Crippen molar-refractivity contribution < 1.29 is 33.2 Å². The SMILES string of the molecule is CCO[C@@H](CC(=O)OC)c1ccc(OCc2cccc(-c3c(C)cc(OC[C@H]4COC(C)(C)O4)cc3C)c2)cc1. The van der Waals surface area contributed by atoms with E-state index < -0.39 is 5.79 Å². The van der Waals surface area contributed by atoms with Gasteiger partial charge in [-0.2, -0.15) is 0 Å². The van der Waals surface area contributed by atoms with Crippen LogP contribution >= 0.6 is 0 Å². The first kappa shape index (κ1) is 29.6. The molecule has 1 heterocycles. The van der Waals surface area contributed by atoms with Crippen molar-refractivity contribution in [2.75, 3.05) is 26.9 Å². The molecule has 1 saturated heterocycles. The van der Waals surface area contributed by atoms with Crippen LogP contribution in [0.15, 0.2) is 60.7 Å². The first-order valence-electron chi connectivity index (χ1n) is 13.7. The molecule has 0 N–H and O–H groups in total. The van der Waals surface area contributed by atoms with Crippen molar-refractivity contribution >= 4 is 5.97 Å². The number of hydrogen-bond acceptors (Lipinski definition) is 7. The third-order valence-corrected chi connectivity index (χ3v) is 6.83. The number of carbonyl (C=O) groups is 1. The van der Waals surface area contributed by atoms with Crippen LogP contribution in [-0.4, -0.2) is 44.8 Å². The zero-order chi connectivity index (χ0) is 28.7. The van der Waals surface area contributed by atoms with E-state index in [9.17, 15) is 4.79 Å². The van der Waals surface area contributed by atoms with Crippen LogP contribution in [-0.2, 0) is 30.3 Å². The monoisotopic (exact) mass is 548 g/mol. The molecule has 0 unspecified atom stereocenters. The lowest BCUT2D eigenvalue weighted by Gasteiger charge is -2.18. The smallest absolute Gasteiger partial charge is 0.308 e. The fourth-order valence-electron chi connectivity index (χ4n) is 4.97. The molecule has 0 amide bonds. The highest BCUT2D eigenvalue weighted by atomic mass is 16.7. The maximum atomic E-state index is 11.7. The van der Waals surface area contributed by atoms with E-state index in [1.807, 2.05) is 45.0 Å². The molecule has 3 aromatic carbocycles. The summed E-state index contributed by atoms with van der Waals surface area (Å²) in [7, 11) is 1.38. The van der Waals surface area contributed by atoms with Crippen molar-refractivity contribution in [1.82, 2.24) is 0 Å². The molecule has 0 aromatic heterocycles. The summed E-state index contributed by atoms with van der Waals surface area (Å²) in [4.78, 5) is 11.7. The molecule has 2 atom stereocenters. The molecule has 7 heteroatoms. The van der Waals surface area contributed by atoms with Crippen LogP contribution in [0.25, 0.3) is 11.1 Å². The fraction of sp³-hybridized carbons (Fsp3) is 0.424. The highest BCUT2D eigenvalue weighted by molar-refractivity contribution is 5.72. The van der Waals surface area contributed by atoms with E-state index in [0.29, 0.717) is 26.4 Å². The Bertz CT molecular complexity index is 1260. The van der Waals surface area contributed by atoms with Gasteiger partial charge in [0.1, 0.15) is 30.8 Å². The Morgan fingerprint density at radius 1 is 1.00 bits per heavy atom. The highest BCUT2D eigenvalue weighted by Crippen LogP contribution is 2.32. The number of methoxy groups -OCH3 is 1. The predicted molar refractivity (Wildman–Crippen MR) is 154 cm³/mol. The Morgan fingerprint density at radius 3 is 2.35 bits per heavy atom. The fourth-order valence-corrected chi connectivity index (χ4v) is 4.97. The predicted octanol–water partition coefficient (Wildman–Crippen LogP) is 6.72. The maximum Gasteiger partial charge on any atom is 0.308 e. The van der Waals surface area contributed by atoms with Crippen LogP contribution in [0, 0.1) is 13.8 Å². The second-order valence-corrected chi connectivity index (χ2v) is 10.5. The van der Waals surface area contributed by atoms with Gasteiger partial charge in [-0.05, 0) is 98.3 Å². The molecule has 1 fully saturated rings. The van der Waals surface area contributed by atoms with Crippen molar-refractivity contribution in [3.05, 3.63) is 82.9 Å². The molecule has 0 bridgehead atoms. The third kappa shape index (κ3) is 7.84. The zero-order valence-corrected chi connectivity index (χ0v) is 24.3. The topological polar surface area (TPSA) is 72.5 Å². The first-order valence-corrected chi connectivity index (χ1v) is 13.7. The molecule has 3 aromatic rings. The van der Waals surface area contributed by atoms with E-state index in [-0.39, 0.29) is 24.6 Å². The van der Waals surface area contributed by atoms with Gasteiger partial charge in [0.2, 0.25) is 0 Å². The number of hydrogen-bond donors (Lipinski definition) is 0. The lowest BCUT2D eigenvalue weighted by Crippen LogP contribution is -2.25. The Morgan fingerprint density at radius 2 is 1.73 bits per heavy atom. The van der Waals surface area contributed by atoms with Gasteiger partial charge in [0, 0.05) is 6.61 Å². The van der Waals surface area contributed by atoms with Gasteiger partial charge < -0.3 is 28.4 Å². The van der Waals surface area contributed by atoms with Crippen LogP contribution < -0.4 is 9.47 Å².